The van der Waals surface area contributed by atoms with E-state index in [4.69, 9.17) is 53.1 Å². The Kier molecular flexibility index (Phi) is 34.3. The van der Waals surface area contributed by atoms with Crippen LogP contribution in [0, 0.1) is 45.3 Å². The molecule has 12 atom stereocenters. The van der Waals surface area contributed by atoms with Gasteiger partial charge in [-0.25, -0.2) is 0 Å². The molecular weight excluding hydrogens is 1600 g/mol. The smallest absolute Gasteiger partial charge is 0.373 e. The van der Waals surface area contributed by atoms with E-state index in [0.717, 1.165) is 70.6 Å². The van der Waals surface area contributed by atoms with Crippen LogP contribution in [-0.2, 0) is 53.1 Å². The molecule has 9 aliphatic carbocycles. The average Bonchev–Trinajstić information content (AvgIpc) is 1.58. The van der Waals surface area contributed by atoms with Crippen LogP contribution < -0.4 is 0 Å². The van der Waals surface area contributed by atoms with Gasteiger partial charge < -0.3 is 53.1 Å². The third-order valence-corrected chi connectivity index (χ3v) is 77.7. The molecule has 9 rings (SSSR count). The zero-order valence-corrected chi connectivity index (χ0v) is 78.6. The third-order valence-electron chi connectivity index (χ3n) is 24.4. The Morgan fingerprint density at radius 1 is 0.237 bits per heavy atom. The van der Waals surface area contributed by atoms with Crippen molar-refractivity contribution < 1.29 is 53.1 Å². The number of fused-ring (bicyclic) bond motifs is 8. The minimum absolute atomic E-state index is 0.0931. The van der Waals surface area contributed by atoms with E-state index in [1.807, 2.05) is 78.6 Å². The summed E-state index contributed by atoms with van der Waals surface area (Å²) in [5.74, 6) is 2.63. The van der Waals surface area contributed by atoms with Crippen LogP contribution in [-0.4, -0.2) is 140 Å². The Bertz CT molecular complexity index is 2070. The van der Waals surface area contributed by atoms with Crippen molar-refractivity contribution in [3.8, 4) is 0 Å². The predicted molar refractivity (Wildman–Crippen MR) is 453 cm³/mol. The van der Waals surface area contributed by atoms with Gasteiger partial charge in [-0.3, -0.25) is 0 Å². The molecule has 0 amide bonds. The molecule has 12 nitrogen and oxygen atoms in total. The first-order valence-electron chi connectivity index (χ1n) is 37.4. The highest BCUT2D eigenvalue weighted by Crippen LogP contribution is 2.83. The molecule has 0 spiro atoms. The van der Waals surface area contributed by atoms with Crippen LogP contribution in [0.2, 0.25) is 0 Å². The maximum absolute atomic E-state index is 7.10. The Morgan fingerprint density at radius 3 is 0.567 bits per heavy atom. The molecule has 9 fully saturated rings. The Hall–Kier alpha value is 5.99. The lowest BCUT2D eigenvalue weighted by molar-refractivity contribution is 0.0347. The van der Waals surface area contributed by atoms with Crippen LogP contribution in [0.3, 0.4) is 0 Å². The Balaban J connectivity index is 1.12. The normalized spacial score (nSPS) is 36.9. The standard InChI is InChI=1S/C65H122O12S16Si4/c1-17-56-40-34-52(44-56)48-62(56,94(66-21-5,67-22-6)68-23-7)82-90-86-78-60(79-87-91-83-63(49-53-35-41-57(63,18-2)45-53)95(69-24-8,70-25-9)71-26-10)38-33-39-61(60,80-88-92-84-64(50-54-36-42-58(64,19-3)46-54)96(72-27-11,73-28-12)74-29-13)81-89-93-85-65(51-55-37-43-59(65,20-4)47-55)97(75-30-14,76-31-15)77-32-16/h52-55H,17-51H2,1-16H3. The molecule has 0 aromatic carbocycles. The first kappa shape index (κ1) is 87.0. The lowest BCUT2D eigenvalue weighted by Gasteiger charge is -2.52. The molecule has 8 bridgehead atoms. The molecule has 0 heterocycles. The van der Waals surface area contributed by atoms with Gasteiger partial charge in [0.2, 0.25) is 0 Å². The van der Waals surface area contributed by atoms with Gasteiger partial charge in [-0.05, 0) is 355 Å². The predicted octanol–water partition coefficient (Wildman–Crippen LogP) is 25.0. The second-order valence-corrected chi connectivity index (χ2v) is 66.4. The fourth-order valence-corrected chi connectivity index (χ4v) is 85.3. The molecule has 0 aromatic rings. The number of rotatable bonds is 52. The van der Waals surface area contributed by atoms with E-state index >= 15 is 0 Å². The fraction of sp³-hybridized carbons (Fsp3) is 1.00. The SMILES string of the molecule is CCO[Si](OCC)(OCC)C1(SSSSC2(SSSSC3([Si](OCC)(OCC)OCC)CC4CCC3(CC)C4)CCCC2(SSSSC2([Si](OCC)(OCC)OCC)CC3CCC2(CC)C3)SSSSC2([Si](OCC)(OCC)OCC)CC3CCC2(CC)C3)CC2CCC1(CC)C2. The fourth-order valence-electron chi connectivity index (χ4n) is 20.6. The van der Waals surface area contributed by atoms with Gasteiger partial charge >= 0.3 is 35.2 Å². The maximum Gasteiger partial charge on any atom is 0.519 e. The molecule has 97 heavy (non-hydrogen) atoms. The van der Waals surface area contributed by atoms with E-state index in [1.165, 1.54) is 77.0 Å². The zero-order valence-electron chi connectivity index (χ0n) is 61.5. The summed E-state index contributed by atoms with van der Waals surface area (Å²) in [4.78, 5) is 0. The van der Waals surface area contributed by atoms with E-state index in [2.05, 4.69) is 197 Å². The summed E-state index contributed by atoms with van der Waals surface area (Å²) in [5, 5.41) is 0. The zero-order chi connectivity index (χ0) is 69.9. The van der Waals surface area contributed by atoms with Gasteiger partial charge in [0, 0.05) is 79.3 Å². The van der Waals surface area contributed by atoms with Crippen LogP contribution in [0.5, 0.6) is 0 Å². The van der Waals surface area contributed by atoms with Gasteiger partial charge in [0.15, 0.2) is 0 Å². The largest absolute Gasteiger partial charge is 0.519 e. The monoisotopic (exact) mass is 1720 g/mol. The molecular formula is C65H122O12S16Si4. The maximum atomic E-state index is 7.10. The van der Waals surface area contributed by atoms with E-state index in [1.54, 1.807) is 0 Å². The van der Waals surface area contributed by atoms with Crippen molar-refractivity contribution in [3.05, 3.63) is 0 Å². The van der Waals surface area contributed by atoms with Crippen molar-refractivity contribution >= 4 is 200 Å². The van der Waals surface area contributed by atoms with E-state index in [9.17, 15) is 0 Å². The highest BCUT2D eigenvalue weighted by molar-refractivity contribution is 9.31. The number of hydrogen-bond acceptors (Lipinski definition) is 28. The van der Waals surface area contributed by atoms with Gasteiger partial charge in [0.1, 0.15) is 25.6 Å². The van der Waals surface area contributed by atoms with Crippen molar-refractivity contribution in [1.82, 2.24) is 0 Å². The van der Waals surface area contributed by atoms with Gasteiger partial charge in [-0.2, -0.15) is 0 Å². The molecule has 32 heteroatoms. The summed E-state index contributed by atoms with van der Waals surface area (Å²) >= 11 is 0. The molecule has 9 aliphatic rings. The summed E-state index contributed by atoms with van der Waals surface area (Å²) in [5.41, 5.74) is 0.372. The minimum Gasteiger partial charge on any atom is -0.373 e. The summed E-state index contributed by atoms with van der Waals surface area (Å²) in [6.45, 7) is 42.5. The quantitative estimate of drug-likeness (QED) is 0.0249. The van der Waals surface area contributed by atoms with Crippen LogP contribution in [0.1, 0.15) is 258 Å². The molecule has 12 unspecified atom stereocenters. The lowest BCUT2D eigenvalue weighted by Crippen LogP contribution is -2.68. The molecule has 0 aliphatic heterocycles. The van der Waals surface area contributed by atoms with Crippen molar-refractivity contribution in [1.29, 1.82) is 0 Å². The van der Waals surface area contributed by atoms with Gasteiger partial charge in [-0.1, -0.05) is 114 Å². The molecule has 566 valence electrons. The Morgan fingerprint density at radius 2 is 0.412 bits per heavy atom. The van der Waals surface area contributed by atoms with Crippen molar-refractivity contribution in [2.45, 2.75) is 284 Å². The summed E-state index contributed by atoms with van der Waals surface area (Å²) in [6, 6.07) is 0. The highest BCUT2D eigenvalue weighted by Gasteiger charge is 2.80. The van der Waals surface area contributed by atoms with Gasteiger partial charge in [0.25, 0.3) is 0 Å². The van der Waals surface area contributed by atoms with Crippen LogP contribution in [0.25, 0.3) is 0 Å². The average molecular weight is 1720 g/mol. The van der Waals surface area contributed by atoms with Gasteiger partial charge in [0.05, 0.1) is 0 Å². The first-order valence-corrected chi connectivity index (χ1v) is 63.5. The van der Waals surface area contributed by atoms with Crippen molar-refractivity contribution in [3.63, 3.8) is 0 Å². The summed E-state index contributed by atoms with van der Waals surface area (Å²) < 4.78 is 83.7. The molecule has 0 radical (unpaired) electrons. The van der Waals surface area contributed by atoms with Crippen molar-refractivity contribution in [2.75, 3.05) is 79.3 Å². The summed E-state index contributed by atoms with van der Waals surface area (Å²) in [7, 11) is 20.2. The molecule has 0 N–H and O–H groups in total. The third kappa shape index (κ3) is 15.7. The topological polar surface area (TPSA) is 111 Å². The van der Waals surface area contributed by atoms with E-state index in [-0.39, 0.29) is 47.3 Å². The van der Waals surface area contributed by atoms with Crippen LogP contribution >= 0.6 is 165 Å². The highest BCUT2D eigenvalue weighted by atomic mass is 33.7. The van der Waals surface area contributed by atoms with E-state index in [0.29, 0.717) is 103 Å². The first-order chi connectivity index (χ1) is 46.9. The van der Waals surface area contributed by atoms with E-state index < -0.39 is 35.2 Å². The Labute approximate surface area is 654 Å². The van der Waals surface area contributed by atoms with Gasteiger partial charge in [-0.15, -0.1) is 0 Å². The van der Waals surface area contributed by atoms with Crippen LogP contribution in [0.4, 0.5) is 0 Å². The second-order valence-electron chi connectivity index (χ2n) is 28.1. The number of hydrogen-bond donors (Lipinski definition) is 0. The minimum atomic E-state index is -3.24. The van der Waals surface area contributed by atoms with Crippen LogP contribution in [0.15, 0.2) is 0 Å². The lowest BCUT2D eigenvalue weighted by atomic mass is 9.80. The van der Waals surface area contributed by atoms with Crippen molar-refractivity contribution in [2.24, 2.45) is 45.3 Å². The molecule has 0 saturated heterocycles. The second kappa shape index (κ2) is 38.2. The summed E-state index contributed by atoms with van der Waals surface area (Å²) in [6.07, 6.45) is 27.0. The molecule has 0 aromatic heterocycles. The molecule has 9 saturated carbocycles.